The van der Waals surface area contributed by atoms with Crippen LogP contribution in [0.1, 0.15) is 38.8 Å². The van der Waals surface area contributed by atoms with Crippen molar-refractivity contribution >= 4 is 52.2 Å². The standard InChI is InChI=1S/C22H25N3O2.C19H21N3O/c1-4-24(5-2)18-14-12-17(13-15-18)16-20-21(27-6-3)23-25(22(20)26)19-10-8-7-9-11-19;1-14-18(13-15-9-11-16(12-10-15)21(2)3)19(23)22(20-14)17-7-5-4-6-8-17/h7-16H,4-6H2,1-3H3;4-12,18H,13H2,1-3H3/b20-16-;. The first-order chi connectivity index (χ1) is 24.2. The predicted octanol–water partition coefficient (Wildman–Crippen LogP) is 7.65. The molecule has 0 saturated heterocycles. The lowest BCUT2D eigenvalue weighted by atomic mass is 9.95. The molecule has 9 nitrogen and oxygen atoms in total. The van der Waals surface area contributed by atoms with E-state index in [2.05, 4.69) is 70.2 Å². The molecule has 2 amide bonds. The van der Waals surface area contributed by atoms with E-state index in [1.807, 2.05) is 107 Å². The maximum Gasteiger partial charge on any atom is 0.284 e. The van der Waals surface area contributed by atoms with E-state index in [1.54, 1.807) is 0 Å². The predicted molar refractivity (Wildman–Crippen MR) is 206 cm³/mol. The van der Waals surface area contributed by atoms with Crippen LogP contribution in [0.25, 0.3) is 6.08 Å². The lowest BCUT2D eigenvalue weighted by molar-refractivity contribution is -0.119. The van der Waals surface area contributed by atoms with Crippen molar-refractivity contribution < 1.29 is 14.3 Å². The molecule has 50 heavy (non-hydrogen) atoms. The minimum atomic E-state index is -0.183. The summed E-state index contributed by atoms with van der Waals surface area (Å²) in [5.74, 6) is 0.0439. The third kappa shape index (κ3) is 8.29. The Morgan fingerprint density at radius 1 is 0.720 bits per heavy atom. The van der Waals surface area contributed by atoms with Crippen molar-refractivity contribution in [2.45, 2.75) is 34.1 Å². The minimum absolute atomic E-state index is 0.0467. The average molecular weight is 671 g/mol. The molecule has 258 valence electrons. The van der Waals surface area contributed by atoms with Crippen molar-refractivity contribution in [3.8, 4) is 0 Å². The summed E-state index contributed by atoms with van der Waals surface area (Å²) in [6.45, 7) is 10.5. The number of benzene rings is 4. The van der Waals surface area contributed by atoms with Gasteiger partial charge in [0.2, 0.25) is 5.90 Å². The van der Waals surface area contributed by atoms with Crippen molar-refractivity contribution in [2.75, 3.05) is 53.6 Å². The third-order valence-corrected chi connectivity index (χ3v) is 8.62. The molecule has 1 unspecified atom stereocenters. The molecule has 2 heterocycles. The number of nitrogens with zero attached hydrogens (tertiary/aromatic N) is 6. The Kier molecular flexibility index (Phi) is 11.8. The Bertz CT molecular complexity index is 1830. The van der Waals surface area contributed by atoms with Crippen LogP contribution in [0.15, 0.2) is 125 Å². The van der Waals surface area contributed by atoms with Gasteiger partial charge in [0.05, 0.1) is 23.9 Å². The number of carbonyl (C=O) groups excluding carboxylic acids is 2. The van der Waals surface area contributed by atoms with Gasteiger partial charge in [-0.25, -0.2) is 5.01 Å². The molecule has 0 aliphatic carbocycles. The Labute approximate surface area is 295 Å². The van der Waals surface area contributed by atoms with Gasteiger partial charge in [0, 0.05) is 44.3 Å². The first-order valence-electron chi connectivity index (χ1n) is 17.1. The van der Waals surface area contributed by atoms with E-state index >= 15 is 0 Å². The molecule has 4 aromatic carbocycles. The number of ether oxygens (including phenoxy) is 1. The van der Waals surface area contributed by atoms with E-state index in [-0.39, 0.29) is 17.7 Å². The fourth-order valence-electron chi connectivity index (χ4n) is 5.80. The van der Waals surface area contributed by atoms with Crippen LogP contribution in [0, 0.1) is 5.92 Å². The van der Waals surface area contributed by atoms with E-state index in [0.717, 1.165) is 47.0 Å². The highest BCUT2D eigenvalue weighted by Crippen LogP contribution is 2.28. The third-order valence-electron chi connectivity index (χ3n) is 8.62. The lowest BCUT2D eigenvalue weighted by Gasteiger charge is -2.20. The van der Waals surface area contributed by atoms with Gasteiger partial charge < -0.3 is 14.5 Å². The maximum absolute atomic E-state index is 12.9. The molecule has 0 bridgehead atoms. The van der Waals surface area contributed by atoms with Gasteiger partial charge in [0.25, 0.3) is 11.8 Å². The highest BCUT2D eigenvalue weighted by atomic mass is 16.5. The average Bonchev–Trinajstić information content (AvgIpc) is 3.60. The Balaban J connectivity index is 0.000000197. The number of anilines is 4. The summed E-state index contributed by atoms with van der Waals surface area (Å²) in [7, 11) is 4.04. The van der Waals surface area contributed by atoms with Crippen LogP contribution in [0.3, 0.4) is 0 Å². The summed E-state index contributed by atoms with van der Waals surface area (Å²) >= 11 is 0. The molecule has 2 aliphatic rings. The molecular formula is C41H46N6O3. The molecule has 2 aliphatic heterocycles. The number of hydrogen-bond donors (Lipinski definition) is 0. The van der Waals surface area contributed by atoms with Gasteiger partial charge in [0.1, 0.15) is 5.57 Å². The molecule has 0 fully saturated rings. The fraction of sp³-hybridized carbons (Fsp3) is 0.268. The zero-order valence-electron chi connectivity index (χ0n) is 29.8. The van der Waals surface area contributed by atoms with E-state index in [1.165, 1.54) is 15.7 Å². The van der Waals surface area contributed by atoms with Crippen molar-refractivity contribution in [1.82, 2.24) is 0 Å². The normalized spacial score (nSPS) is 16.2. The molecule has 0 saturated carbocycles. The summed E-state index contributed by atoms with van der Waals surface area (Å²) in [5, 5.41) is 11.7. The molecule has 0 radical (unpaired) electrons. The molecule has 0 aromatic heterocycles. The van der Waals surface area contributed by atoms with Gasteiger partial charge >= 0.3 is 0 Å². The molecule has 9 heteroatoms. The molecule has 0 spiro atoms. The van der Waals surface area contributed by atoms with Crippen LogP contribution in [0.2, 0.25) is 0 Å². The van der Waals surface area contributed by atoms with Gasteiger partial charge in [-0.2, -0.15) is 10.1 Å². The van der Waals surface area contributed by atoms with Crippen LogP contribution in [0.5, 0.6) is 0 Å². The van der Waals surface area contributed by atoms with Crippen LogP contribution < -0.4 is 19.8 Å². The van der Waals surface area contributed by atoms with Crippen LogP contribution in [0.4, 0.5) is 22.7 Å². The molecule has 1 atom stereocenters. The summed E-state index contributed by atoms with van der Waals surface area (Å²) in [6, 6.07) is 35.5. The highest BCUT2D eigenvalue weighted by molar-refractivity contribution is 6.30. The monoisotopic (exact) mass is 670 g/mol. The van der Waals surface area contributed by atoms with Gasteiger partial charge in [-0.3, -0.25) is 9.59 Å². The Hall–Kier alpha value is -5.70. The molecule has 4 aromatic rings. The van der Waals surface area contributed by atoms with Gasteiger partial charge in [-0.1, -0.05) is 60.7 Å². The minimum Gasteiger partial charge on any atom is -0.476 e. The Morgan fingerprint density at radius 3 is 1.82 bits per heavy atom. The number of hydrazone groups is 2. The second-order valence-corrected chi connectivity index (χ2v) is 12.2. The highest BCUT2D eigenvalue weighted by Gasteiger charge is 2.34. The van der Waals surface area contributed by atoms with Gasteiger partial charge in [-0.05, 0) is 99.8 Å². The lowest BCUT2D eigenvalue weighted by Crippen LogP contribution is -2.28. The van der Waals surface area contributed by atoms with Crippen LogP contribution in [-0.2, 0) is 20.7 Å². The smallest absolute Gasteiger partial charge is 0.284 e. The number of para-hydroxylation sites is 2. The fourth-order valence-corrected chi connectivity index (χ4v) is 5.80. The van der Waals surface area contributed by atoms with E-state index < -0.39 is 0 Å². The SMILES string of the molecule is CC1=NN(c2ccccc2)C(=O)C1Cc1ccc(N(C)C)cc1.CCOC1=NN(c2ccccc2)C(=O)/C1=C\c1ccc(N(CC)CC)cc1. The molecular weight excluding hydrogens is 624 g/mol. The topological polar surface area (TPSA) is 81.0 Å². The van der Waals surface area contributed by atoms with Gasteiger partial charge in [0.15, 0.2) is 0 Å². The van der Waals surface area contributed by atoms with Crippen LogP contribution in [-0.4, -0.2) is 57.2 Å². The second-order valence-electron chi connectivity index (χ2n) is 12.2. The van der Waals surface area contributed by atoms with Crippen molar-refractivity contribution in [1.29, 1.82) is 0 Å². The Morgan fingerprint density at radius 2 is 1.28 bits per heavy atom. The maximum atomic E-state index is 12.9. The largest absolute Gasteiger partial charge is 0.476 e. The summed E-state index contributed by atoms with van der Waals surface area (Å²) < 4.78 is 5.62. The summed E-state index contributed by atoms with van der Waals surface area (Å²) in [5.41, 5.74) is 7.30. The van der Waals surface area contributed by atoms with Crippen molar-refractivity contribution in [2.24, 2.45) is 16.1 Å². The number of carbonyl (C=O) groups is 2. The van der Waals surface area contributed by atoms with Crippen LogP contribution >= 0.6 is 0 Å². The summed E-state index contributed by atoms with van der Waals surface area (Å²) in [4.78, 5) is 30.0. The first kappa shape index (κ1) is 35.6. The number of rotatable bonds is 10. The van der Waals surface area contributed by atoms with E-state index in [4.69, 9.17) is 4.74 Å². The first-order valence-corrected chi connectivity index (χ1v) is 17.1. The summed E-state index contributed by atoms with van der Waals surface area (Å²) in [6.07, 6.45) is 2.52. The zero-order chi connectivity index (χ0) is 35.6. The van der Waals surface area contributed by atoms with E-state index in [0.29, 0.717) is 24.5 Å². The van der Waals surface area contributed by atoms with Crippen molar-refractivity contribution in [3.05, 3.63) is 126 Å². The number of hydrogen-bond acceptors (Lipinski definition) is 7. The number of amides is 2. The van der Waals surface area contributed by atoms with E-state index in [9.17, 15) is 9.59 Å². The quantitative estimate of drug-likeness (QED) is 0.162. The van der Waals surface area contributed by atoms with Crippen molar-refractivity contribution in [3.63, 3.8) is 0 Å². The zero-order valence-corrected chi connectivity index (χ0v) is 29.8. The molecule has 6 rings (SSSR count). The molecule has 0 N–H and O–H groups in total. The van der Waals surface area contributed by atoms with Gasteiger partial charge in [-0.15, -0.1) is 5.10 Å². The second kappa shape index (κ2) is 16.6.